The molecule has 0 aliphatic heterocycles. The van der Waals surface area contributed by atoms with E-state index in [1.54, 1.807) is 0 Å². The second-order valence-electron chi connectivity index (χ2n) is 9.24. The van der Waals surface area contributed by atoms with Crippen LogP contribution in [0, 0.1) is 5.41 Å². The normalized spacial score (nSPS) is 15.2. The number of fused-ring (bicyclic) bond motifs is 2. The molecule has 0 spiro atoms. The van der Waals surface area contributed by atoms with Gasteiger partial charge in [0, 0.05) is 47.0 Å². The molecule has 8 nitrogen and oxygen atoms in total. The summed E-state index contributed by atoms with van der Waals surface area (Å²) in [6, 6.07) is 7.84. The van der Waals surface area contributed by atoms with Crippen LogP contribution in [-0.4, -0.2) is 35.6 Å². The molecule has 4 aromatic rings. The Morgan fingerprint density at radius 3 is 2.91 bits per heavy atom. The van der Waals surface area contributed by atoms with Gasteiger partial charge in [-0.3, -0.25) is 9.48 Å². The van der Waals surface area contributed by atoms with Gasteiger partial charge in [0.25, 0.3) is 5.89 Å². The maximum Gasteiger partial charge on any atom is 0.305 e. The summed E-state index contributed by atoms with van der Waals surface area (Å²) in [5.74, 6) is 0.145. The van der Waals surface area contributed by atoms with Crippen LogP contribution in [0.25, 0.3) is 33.9 Å². The smallest absolute Gasteiger partial charge is 0.305 e. The number of benzene rings is 1. The van der Waals surface area contributed by atoms with E-state index in [1.165, 1.54) is 11.3 Å². The molecule has 3 heterocycles. The number of aryl methyl sites for hydroxylation is 2. The molecule has 0 unspecified atom stereocenters. The van der Waals surface area contributed by atoms with Gasteiger partial charge in [-0.1, -0.05) is 31.1 Å². The molecule has 5 rings (SSSR count). The van der Waals surface area contributed by atoms with Gasteiger partial charge in [0.1, 0.15) is 0 Å². The SMILES string of the molecule is CCn1nc(-c2nc(-c3cccc4c3ccn4CCC(=O)O)no2)c2c1CC(C)(C)CC2. The van der Waals surface area contributed by atoms with E-state index in [2.05, 4.69) is 30.6 Å². The quantitative estimate of drug-likeness (QED) is 0.478. The first-order chi connectivity index (χ1) is 15.4. The first-order valence-corrected chi connectivity index (χ1v) is 11.1. The van der Waals surface area contributed by atoms with Crippen LogP contribution in [0.3, 0.4) is 0 Å². The van der Waals surface area contributed by atoms with Crippen LogP contribution >= 0.6 is 0 Å². The minimum Gasteiger partial charge on any atom is -0.481 e. The first-order valence-electron chi connectivity index (χ1n) is 11.1. The lowest BCUT2D eigenvalue weighted by molar-refractivity contribution is -0.137. The van der Waals surface area contributed by atoms with Gasteiger partial charge >= 0.3 is 5.97 Å². The number of nitrogens with zero attached hydrogens (tertiary/aromatic N) is 5. The zero-order valence-corrected chi connectivity index (χ0v) is 18.6. The van der Waals surface area contributed by atoms with E-state index in [9.17, 15) is 4.79 Å². The molecular formula is C24H27N5O3. The Morgan fingerprint density at radius 1 is 1.28 bits per heavy atom. The predicted octanol–water partition coefficient (Wildman–Crippen LogP) is 4.56. The van der Waals surface area contributed by atoms with Gasteiger partial charge in [0.15, 0.2) is 5.69 Å². The van der Waals surface area contributed by atoms with Crippen molar-refractivity contribution in [2.45, 2.75) is 59.5 Å². The highest BCUT2D eigenvalue weighted by molar-refractivity contribution is 5.94. The van der Waals surface area contributed by atoms with E-state index in [-0.39, 0.29) is 11.8 Å². The molecule has 1 aromatic carbocycles. The Hall–Kier alpha value is -3.42. The maximum absolute atomic E-state index is 11.0. The summed E-state index contributed by atoms with van der Waals surface area (Å²) in [5, 5.41) is 19.1. The number of rotatable bonds is 6. The number of hydrogen-bond donors (Lipinski definition) is 1. The lowest BCUT2D eigenvalue weighted by Gasteiger charge is -2.30. The van der Waals surface area contributed by atoms with Crippen LogP contribution in [0.1, 0.15) is 44.9 Å². The van der Waals surface area contributed by atoms with E-state index in [0.717, 1.165) is 48.0 Å². The molecule has 0 bridgehead atoms. The van der Waals surface area contributed by atoms with Crippen LogP contribution in [0.5, 0.6) is 0 Å². The van der Waals surface area contributed by atoms with Crippen molar-refractivity contribution in [3.8, 4) is 23.0 Å². The van der Waals surface area contributed by atoms with Gasteiger partial charge < -0.3 is 14.2 Å². The van der Waals surface area contributed by atoms with E-state index < -0.39 is 5.97 Å². The van der Waals surface area contributed by atoms with E-state index in [1.807, 2.05) is 35.0 Å². The first kappa shape index (κ1) is 20.5. The van der Waals surface area contributed by atoms with Crippen molar-refractivity contribution in [1.29, 1.82) is 0 Å². The van der Waals surface area contributed by atoms with Gasteiger partial charge in [0.05, 0.1) is 6.42 Å². The van der Waals surface area contributed by atoms with E-state index in [0.29, 0.717) is 18.3 Å². The Bertz CT molecular complexity index is 1310. The van der Waals surface area contributed by atoms with Gasteiger partial charge in [-0.25, -0.2) is 0 Å². The summed E-state index contributed by atoms with van der Waals surface area (Å²) in [4.78, 5) is 15.7. The molecule has 8 heteroatoms. The minimum absolute atomic E-state index is 0.0718. The third-order valence-electron chi connectivity index (χ3n) is 6.41. The van der Waals surface area contributed by atoms with Crippen molar-refractivity contribution < 1.29 is 14.4 Å². The average molecular weight is 434 g/mol. The largest absolute Gasteiger partial charge is 0.481 e. The van der Waals surface area contributed by atoms with Crippen molar-refractivity contribution in [2.75, 3.05) is 0 Å². The summed E-state index contributed by atoms with van der Waals surface area (Å²) < 4.78 is 9.70. The Kier molecular flexibility index (Phi) is 4.87. The molecule has 0 saturated heterocycles. The average Bonchev–Trinajstić information content (AvgIpc) is 3.47. The monoisotopic (exact) mass is 433 g/mol. The van der Waals surface area contributed by atoms with Gasteiger partial charge in [-0.05, 0) is 43.7 Å². The molecule has 1 N–H and O–H groups in total. The fourth-order valence-corrected chi connectivity index (χ4v) is 4.69. The highest BCUT2D eigenvalue weighted by Gasteiger charge is 2.32. The number of aromatic nitrogens is 5. The Labute approximate surface area is 185 Å². The molecule has 3 aromatic heterocycles. The van der Waals surface area contributed by atoms with E-state index in [4.69, 9.17) is 19.7 Å². The number of aliphatic carboxylic acids is 1. The Morgan fingerprint density at radius 2 is 2.12 bits per heavy atom. The highest BCUT2D eigenvalue weighted by atomic mass is 16.5. The van der Waals surface area contributed by atoms with Crippen LogP contribution in [-0.2, 0) is 30.7 Å². The summed E-state index contributed by atoms with van der Waals surface area (Å²) in [6.07, 6.45) is 5.03. The van der Waals surface area contributed by atoms with Crippen LogP contribution in [0.2, 0.25) is 0 Å². The Balaban J connectivity index is 1.52. The predicted molar refractivity (Wildman–Crippen MR) is 120 cm³/mol. The lowest BCUT2D eigenvalue weighted by atomic mass is 9.76. The summed E-state index contributed by atoms with van der Waals surface area (Å²) in [5.41, 5.74) is 5.36. The van der Waals surface area contributed by atoms with Crippen LogP contribution in [0.4, 0.5) is 0 Å². The third kappa shape index (κ3) is 3.49. The number of carbonyl (C=O) groups is 1. The third-order valence-corrected chi connectivity index (χ3v) is 6.41. The highest BCUT2D eigenvalue weighted by Crippen LogP contribution is 2.39. The molecular weight excluding hydrogens is 406 g/mol. The zero-order chi connectivity index (χ0) is 22.5. The van der Waals surface area contributed by atoms with Crippen molar-refractivity contribution in [1.82, 2.24) is 24.5 Å². The molecule has 166 valence electrons. The van der Waals surface area contributed by atoms with Crippen LogP contribution in [0.15, 0.2) is 35.0 Å². The molecule has 0 radical (unpaired) electrons. The summed E-state index contributed by atoms with van der Waals surface area (Å²) >= 11 is 0. The number of carboxylic acids is 1. The maximum atomic E-state index is 11.0. The van der Waals surface area contributed by atoms with Gasteiger partial charge in [-0.2, -0.15) is 10.1 Å². The molecule has 1 aliphatic rings. The topological polar surface area (TPSA) is 99.0 Å². The summed E-state index contributed by atoms with van der Waals surface area (Å²) in [7, 11) is 0. The number of hydrogen-bond acceptors (Lipinski definition) is 5. The van der Waals surface area contributed by atoms with Crippen LogP contribution < -0.4 is 0 Å². The van der Waals surface area contributed by atoms with Crippen molar-refractivity contribution >= 4 is 16.9 Å². The standard InChI is InChI=1S/C24H27N5O3/c1-4-29-19-14-24(2,3)11-8-17(19)21(26-29)23-25-22(27-32-23)16-6-5-7-18-15(16)9-12-28(18)13-10-20(30)31/h5-7,9,12H,4,8,10-11,13-14H2,1-3H3,(H,30,31). The van der Waals surface area contributed by atoms with Gasteiger partial charge in [0.2, 0.25) is 5.82 Å². The fraction of sp³-hybridized carbons (Fsp3) is 0.417. The molecule has 1 aliphatic carbocycles. The zero-order valence-electron chi connectivity index (χ0n) is 18.6. The van der Waals surface area contributed by atoms with Crippen molar-refractivity contribution in [3.63, 3.8) is 0 Å². The summed E-state index contributed by atoms with van der Waals surface area (Å²) in [6.45, 7) is 7.93. The molecule has 0 saturated carbocycles. The van der Waals surface area contributed by atoms with Gasteiger partial charge in [-0.15, -0.1) is 0 Å². The fourth-order valence-electron chi connectivity index (χ4n) is 4.69. The molecule has 0 fully saturated rings. The second-order valence-corrected chi connectivity index (χ2v) is 9.24. The minimum atomic E-state index is -0.816. The van der Waals surface area contributed by atoms with Crippen molar-refractivity contribution in [3.05, 3.63) is 41.7 Å². The second kappa shape index (κ2) is 7.62. The van der Waals surface area contributed by atoms with Crippen molar-refractivity contribution in [2.24, 2.45) is 5.41 Å². The lowest BCUT2D eigenvalue weighted by Crippen LogP contribution is -2.24. The molecule has 0 atom stereocenters. The molecule has 32 heavy (non-hydrogen) atoms. The number of carboxylic acid groups (broad SMARTS) is 1. The van der Waals surface area contributed by atoms with E-state index >= 15 is 0 Å². The molecule has 0 amide bonds.